The number of aromatic nitrogens is 2. The van der Waals surface area contributed by atoms with E-state index in [2.05, 4.69) is 20.9 Å². The molecule has 0 amide bonds. The number of benzene rings is 1. The largest absolute Gasteiger partial charge is 0.398 e. The van der Waals surface area contributed by atoms with Crippen molar-refractivity contribution in [3.05, 3.63) is 47.4 Å². The molecule has 0 saturated heterocycles. The van der Waals surface area contributed by atoms with Crippen molar-refractivity contribution < 1.29 is 0 Å². The smallest absolute Gasteiger partial charge is 0.132 e. The quantitative estimate of drug-likeness (QED) is 0.774. The second-order valence-corrected chi connectivity index (χ2v) is 4.67. The maximum atomic E-state index is 6.05. The maximum absolute atomic E-state index is 6.05. The van der Waals surface area contributed by atoms with Gasteiger partial charge in [0.25, 0.3) is 0 Å². The van der Waals surface area contributed by atoms with Crippen LogP contribution in [0, 0.1) is 6.92 Å². The molecule has 1 aromatic carbocycles. The Morgan fingerprint density at radius 3 is 3.00 bits per heavy atom. The van der Waals surface area contributed by atoms with E-state index in [1.54, 1.807) is 6.33 Å². The number of nitrogen functional groups attached to an aromatic ring is 1. The molecule has 0 atom stereocenters. The Kier molecular flexibility index (Phi) is 2.63. The first-order valence-electron chi connectivity index (χ1n) is 6.14. The summed E-state index contributed by atoms with van der Waals surface area (Å²) in [7, 11) is 0. The Hall–Kier alpha value is -2.10. The van der Waals surface area contributed by atoms with Gasteiger partial charge in [0.2, 0.25) is 0 Å². The summed E-state index contributed by atoms with van der Waals surface area (Å²) in [5, 5.41) is 0. The fraction of sp³-hybridized carbons (Fsp3) is 0.286. The van der Waals surface area contributed by atoms with Crippen molar-refractivity contribution in [2.75, 3.05) is 17.2 Å². The molecule has 0 fully saturated rings. The highest BCUT2D eigenvalue weighted by Crippen LogP contribution is 2.26. The zero-order chi connectivity index (χ0) is 12.5. The molecule has 0 spiro atoms. The fourth-order valence-electron chi connectivity index (χ4n) is 2.42. The molecule has 2 heterocycles. The number of hydrogen-bond acceptors (Lipinski definition) is 4. The van der Waals surface area contributed by atoms with Gasteiger partial charge in [-0.05, 0) is 30.5 Å². The van der Waals surface area contributed by atoms with E-state index in [-0.39, 0.29) is 0 Å². The highest BCUT2D eigenvalue weighted by molar-refractivity contribution is 5.55. The van der Waals surface area contributed by atoms with Crippen LogP contribution in [0.2, 0.25) is 0 Å². The molecule has 0 unspecified atom stereocenters. The van der Waals surface area contributed by atoms with Crippen molar-refractivity contribution in [3.8, 4) is 0 Å². The molecule has 92 valence electrons. The van der Waals surface area contributed by atoms with Crippen LogP contribution in [0.5, 0.6) is 0 Å². The average molecular weight is 240 g/mol. The van der Waals surface area contributed by atoms with Crippen molar-refractivity contribution in [1.29, 1.82) is 0 Å². The minimum atomic E-state index is 0.832. The zero-order valence-electron chi connectivity index (χ0n) is 10.4. The Labute approximate surface area is 106 Å². The molecule has 3 rings (SSSR count). The highest BCUT2D eigenvalue weighted by atomic mass is 15.2. The van der Waals surface area contributed by atoms with Crippen LogP contribution in [0.15, 0.2) is 30.6 Å². The standard InChI is InChI=1S/C14H16N4/c1-10-7-14(17-9-16-10)18-6-5-11-3-2-4-13(15)12(11)8-18/h2-4,7,9H,5-6,8,15H2,1H3. The molecule has 2 N–H and O–H groups in total. The number of nitrogens with two attached hydrogens (primary N) is 1. The monoisotopic (exact) mass is 240 g/mol. The van der Waals surface area contributed by atoms with E-state index < -0.39 is 0 Å². The van der Waals surface area contributed by atoms with Gasteiger partial charge in [-0.2, -0.15) is 0 Å². The van der Waals surface area contributed by atoms with E-state index in [4.69, 9.17) is 5.73 Å². The molecule has 0 saturated carbocycles. The van der Waals surface area contributed by atoms with Gasteiger partial charge in [0, 0.05) is 30.5 Å². The summed E-state index contributed by atoms with van der Waals surface area (Å²) in [6, 6.07) is 8.17. The van der Waals surface area contributed by atoms with E-state index in [0.29, 0.717) is 0 Å². The topological polar surface area (TPSA) is 55.0 Å². The molecular formula is C14H16N4. The molecule has 0 bridgehead atoms. The molecular weight excluding hydrogens is 224 g/mol. The van der Waals surface area contributed by atoms with Crippen LogP contribution in [0.25, 0.3) is 0 Å². The Bertz CT molecular complexity index is 580. The van der Waals surface area contributed by atoms with Gasteiger partial charge < -0.3 is 10.6 Å². The van der Waals surface area contributed by atoms with Crippen LogP contribution >= 0.6 is 0 Å². The molecule has 4 nitrogen and oxygen atoms in total. The van der Waals surface area contributed by atoms with Crippen molar-refractivity contribution in [3.63, 3.8) is 0 Å². The van der Waals surface area contributed by atoms with Gasteiger partial charge in [-0.25, -0.2) is 9.97 Å². The minimum absolute atomic E-state index is 0.832. The first kappa shape index (κ1) is 11.0. The van der Waals surface area contributed by atoms with Crippen LogP contribution in [0.1, 0.15) is 16.8 Å². The molecule has 1 aliphatic heterocycles. The minimum Gasteiger partial charge on any atom is -0.398 e. The van der Waals surface area contributed by atoms with Crippen molar-refractivity contribution in [2.45, 2.75) is 19.9 Å². The van der Waals surface area contributed by atoms with Crippen LogP contribution in [0.3, 0.4) is 0 Å². The third-order valence-electron chi connectivity index (χ3n) is 3.42. The van der Waals surface area contributed by atoms with Gasteiger partial charge in [-0.15, -0.1) is 0 Å². The van der Waals surface area contributed by atoms with E-state index in [1.165, 1.54) is 11.1 Å². The summed E-state index contributed by atoms with van der Waals surface area (Å²) in [5.74, 6) is 0.983. The summed E-state index contributed by atoms with van der Waals surface area (Å²) in [6.07, 6.45) is 2.64. The third kappa shape index (κ3) is 1.90. The molecule has 4 heteroatoms. The van der Waals surface area contributed by atoms with Crippen LogP contribution < -0.4 is 10.6 Å². The predicted molar refractivity (Wildman–Crippen MR) is 72.4 cm³/mol. The summed E-state index contributed by atoms with van der Waals surface area (Å²) in [4.78, 5) is 10.7. The fourth-order valence-corrected chi connectivity index (χ4v) is 2.42. The highest BCUT2D eigenvalue weighted by Gasteiger charge is 2.19. The number of aryl methyl sites for hydroxylation is 1. The lowest BCUT2D eigenvalue weighted by Crippen LogP contribution is -2.31. The van der Waals surface area contributed by atoms with Crippen molar-refractivity contribution >= 4 is 11.5 Å². The summed E-state index contributed by atoms with van der Waals surface area (Å²) < 4.78 is 0. The number of fused-ring (bicyclic) bond motifs is 1. The lowest BCUT2D eigenvalue weighted by Gasteiger charge is -2.30. The van der Waals surface area contributed by atoms with Crippen LogP contribution in [-0.2, 0) is 13.0 Å². The third-order valence-corrected chi connectivity index (χ3v) is 3.42. The van der Waals surface area contributed by atoms with Crippen molar-refractivity contribution in [2.24, 2.45) is 0 Å². The lowest BCUT2D eigenvalue weighted by atomic mass is 9.98. The SMILES string of the molecule is Cc1cc(N2CCc3cccc(N)c3C2)ncn1. The lowest BCUT2D eigenvalue weighted by molar-refractivity contribution is 0.720. The maximum Gasteiger partial charge on any atom is 0.132 e. The Morgan fingerprint density at radius 1 is 1.28 bits per heavy atom. The number of nitrogens with zero attached hydrogens (tertiary/aromatic N) is 3. The van der Waals surface area contributed by atoms with E-state index in [9.17, 15) is 0 Å². The molecule has 0 radical (unpaired) electrons. The van der Waals surface area contributed by atoms with Gasteiger partial charge in [0.15, 0.2) is 0 Å². The van der Waals surface area contributed by atoms with Gasteiger partial charge in [0.1, 0.15) is 12.1 Å². The first-order chi connectivity index (χ1) is 8.74. The second kappa shape index (κ2) is 4.29. The Morgan fingerprint density at radius 2 is 2.17 bits per heavy atom. The molecule has 18 heavy (non-hydrogen) atoms. The van der Waals surface area contributed by atoms with Gasteiger partial charge in [0.05, 0.1) is 0 Å². The van der Waals surface area contributed by atoms with Crippen LogP contribution in [-0.4, -0.2) is 16.5 Å². The molecule has 1 aliphatic rings. The van der Waals surface area contributed by atoms with Gasteiger partial charge >= 0.3 is 0 Å². The number of anilines is 2. The van der Waals surface area contributed by atoms with Gasteiger partial charge in [-0.1, -0.05) is 12.1 Å². The Balaban J connectivity index is 1.93. The van der Waals surface area contributed by atoms with Crippen molar-refractivity contribution in [1.82, 2.24) is 9.97 Å². The number of hydrogen-bond donors (Lipinski definition) is 1. The van der Waals surface area contributed by atoms with E-state index in [0.717, 1.165) is 36.7 Å². The second-order valence-electron chi connectivity index (χ2n) is 4.67. The first-order valence-corrected chi connectivity index (χ1v) is 6.14. The molecule has 0 aliphatic carbocycles. The molecule has 2 aromatic rings. The van der Waals surface area contributed by atoms with E-state index in [1.807, 2.05) is 25.1 Å². The van der Waals surface area contributed by atoms with E-state index >= 15 is 0 Å². The van der Waals surface area contributed by atoms with Gasteiger partial charge in [-0.3, -0.25) is 0 Å². The summed E-state index contributed by atoms with van der Waals surface area (Å²) in [5.41, 5.74) is 10.5. The zero-order valence-corrected chi connectivity index (χ0v) is 10.4. The summed E-state index contributed by atoms with van der Waals surface area (Å²) in [6.45, 7) is 3.79. The normalized spacial score (nSPS) is 14.4. The average Bonchev–Trinajstić information content (AvgIpc) is 2.39. The number of rotatable bonds is 1. The molecule has 1 aromatic heterocycles. The summed E-state index contributed by atoms with van der Waals surface area (Å²) >= 11 is 0. The van der Waals surface area contributed by atoms with Crippen LogP contribution in [0.4, 0.5) is 11.5 Å². The predicted octanol–water partition coefficient (Wildman–Crippen LogP) is 1.93.